The number of hydrogen-bond acceptors (Lipinski definition) is 2. The Kier molecular flexibility index (Phi) is 3.05. The van der Waals surface area contributed by atoms with Gasteiger partial charge in [0.25, 0.3) is 0 Å². The summed E-state index contributed by atoms with van der Waals surface area (Å²) in [7, 11) is 0. The van der Waals surface area contributed by atoms with Crippen molar-refractivity contribution in [3.8, 4) is 16.9 Å². The molecule has 0 fully saturated rings. The minimum absolute atomic E-state index is 0.409. The van der Waals surface area contributed by atoms with Crippen LogP contribution in [-0.4, -0.2) is 15.0 Å². The van der Waals surface area contributed by atoms with Crippen LogP contribution in [0.1, 0.15) is 5.56 Å². The Morgan fingerprint density at radius 3 is 2.26 bits per heavy atom. The number of benzene rings is 2. The Balaban J connectivity index is 2.04. The van der Waals surface area contributed by atoms with Crippen LogP contribution >= 0.6 is 11.6 Å². The fourth-order valence-corrected chi connectivity index (χ4v) is 2.07. The van der Waals surface area contributed by atoms with Crippen LogP contribution in [0, 0.1) is 6.92 Å². The molecule has 19 heavy (non-hydrogen) atoms. The predicted octanol–water partition coefficient (Wildman–Crippen LogP) is 3.90. The van der Waals surface area contributed by atoms with Crippen molar-refractivity contribution >= 4 is 11.6 Å². The van der Waals surface area contributed by atoms with E-state index in [1.54, 1.807) is 4.80 Å². The normalized spacial score (nSPS) is 10.6. The van der Waals surface area contributed by atoms with Crippen LogP contribution in [-0.2, 0) is 0 Å². The van der Waals surface area contributed by atoms with Gasteiger partial charge in [-0.2, -0.15) is 0 Å². The Morgan fingerprint density at radius 1 is 0.895 bits per heavy atom. The van der Waals surface area contributed by atoms with E-state index < -0.39 is 0 Å². The van der Waals surface area contributed by atoms with Crippen molar-refractivity contribution in [3.05, 3.63) is 65.3 Å². The van der Waals surface area contributed by atoms with Crippen molar-refractivity contribution in [3.63, 3.8) is 0 Å². The van der Waals surface area contributed by atoms with Gasteiger partial charge >= 0.3 is 0 Å². The van der Waals surface area contributed by atoms with E-state index in [9.17, 15) is 0 Å². The SMILES string of the molecule is Cc1ccc(-n2nc(Cl)c(-c3ccccc3)n2)cc1. The van der Waals surface area contributed by atoms with E-state index in [0.717, 1.165) is 11.3 Å². The van der Waals surface area contributed by atoms with Gasteiger partial charge in [-0.3, -0.25) is 0 Å². The van der Waals surface area contributed by atoms with Gasteiger partial charge in [0.15, 0.2) is 5.15 Å². The fourth-order valence-electron chi connectivity index (χ4n) is 1.86. The molecule has 3 aromatic rings. The highest BCUT2D eigenvalue weighted by atomic mass is 35.5. The number of halogens is 1. The number of nitrogens with zero attached hydrogens (tertiary/aromatic N) is 3. The van der Waals surface area contributed by atoms with Crippen molar-refractivity contribution < 1.29 is 0 Å². The summed E-state index contributed by atoms with van der Waals surface area (Å²) < 4.78 is 0. The molecule has 2 aromatic carbocycles. The quantitative estimate of drug-likeness (QED) is 0.706. The van der Waals surface area contributed by atoms with Crippen molar-refractivity contribution in [1.29, 1.82) is 0 Å². The van der Waals surface area contributed by atoms with Gasteiger partial charge in [0, 0.05) is 5.56 Å². The zero-order valence-electron chi connectivity index (χ0n) is 10.4. The summed E-state index contributed by atoms with van der Waals surface area (Å²) in [5.41, 5.74) is 3.76. The van der Waals surface area contributed by atoms with Gasteiger partial charge in [-0.05, 0) is 19.1 Å². The van der Waals surface area contributed by atoms with Gasteiger partial charge in [-0.25, -0.2) is 0 Å². The number of rotatable bonds is 2. The first-order valence-corrected chi connectivity index (χ1v) is 6.37. The first-order chi connectivity index (χ1) is 9.24. The lowest BCUT2D eigenvalue weighted by Gasteiger charge is -1.99. The van der Waals surface area contributed by atoms with Gasteiger partial charge in [-0.1, -0.05) is 59.6 Å². The van der Waals surface area contributed by atoms with Gasteiger partial charge < -0.3 is 0 Å². The smallest absolute Gasteiger partial charge is 0.149 e. The van der Waals surface area contributed by atoms with Gasteiger partial charge in [0.1, 0.15) is 5.69 Å². The van der Waals surface area contributed by atoms with Crippen LogP contribution in [0.2, 0.25) is 5.15 Å². The Labute approximate surface area is 116 Å². The molecule has 0 bridgehead atoms. The van der Waals surface area contributed by atoms with E-state index >= 15 is 0 Å². The molecule has 0 radical (unpaired) electrons. The second kappa shape index (κ2) is 4.86. The van der Waals surface area contributed by atoms with E-state index in [4.69, 9.17) is 11.6 Å². The highest BCUT2D eigenvalue weighted by Crippen LogP contribution is 2.24. The zero-order chi connectivity index (χ0) is 13.2. The first-order valence-electron chi connectivity index (χ1n) is 5.99. The number of aryl methyl sites for hydroxylation is 1. The molecule has 0 saturated carbocycles. The molecule has 0 aliphatic rings. The minimum Gasteiger partial charge on any atom is -0.149 e. The Hall–Kier alpha value is -2.13. The van der Waals surface area contributed by atoms with E-state index in [-0.39, 0.29) is 0 Å². The summed E-state index contributed by atoms with van der Waals surface area (Å²) in [5, 5.41) is 9.12. The molecule has 1 aromatic heterocycles. The summed E-state index contributed by atoms with van der Waals surface area (Å²) in [6, 6.07) is 17.8. The topological polar surface area (TPSA) is 30.7 Å². The Morgan fingerprint density at radius 2 is 1.58 bits per heavy atom. The summed E-state index contributed by atoms with van der Waals surface area (Å²) in [4.78, 5) is 1.56. The molecule has 0 aliphatic carbocycles. The zero-order valence-corrected chi connectivity index (χ0v) is 11.2. The lowest BCUT2D eigenvalue weighted by molar-refractivity contribution is 0.754. The summed E-state index contributed by atoms with van der Waals surface area (Å²) in [6.45, 7) is 2.04. The molecule has 1 heterocycles. The average Bonchev–Trinajstić information content (AvgIpc) is 2.83. The molecule has 3 rings (SSSR count). The molecule has 3 nitrogen and oxygen atoms in total. The monoisotopic (exact) mass is 269 g/mol. The third kappa shape index (κ3) is 2.37. The molecular formula is C15H12ClN3. The van der Waals surface area contributed by atoms with Gasteiger partial charge in [0.05, 0.1) is 5.69 Å². The van der Waals surface area contributed by atoms with E-state index in [1.165, 1.54) is 5.56 Å². The molecular weight excluding hydrogens is 258 g/mol. The minimum atomic E-state index is 0.409. The van der Waals surface area contributed by atoms with Crippen molar-refractivity contribution in [2.45, 2.75) is 6.92 Å². The third-order valence-electron chi connectivity index (χ3n) is 2.88. The molecule has 0 amide bonds. The lowest BCUT2D eigenvalue weighted by atomic mass is 10.2. The summed E-state index contributed by atoms with van der Waals surface area (Å²) in [6.07, 6.45) is 0. The second-order valence-electron chi connectivity index (χ2n) is 4.33. The molecule has 94 valence electrons. The standard InChI is InChI=1S/C15H12ClN3/c1-11-7-9-13(10-8-11)19-17-14(15(16)18-19)12-5-3-2-4-6-12/h2-10H,1H3. The lowest BCUT2D eigenvalue weighted by Crippen LogP contribution is -1.98. The second-order valence-corrected chi connectivity index (χ2v) is 4.69. The van der Waals surface area contributed by atoms with Crippen LogP contribution in [0.25, 0.3) is 16.9 Å². The van der Waals surface area contributed by atoms with Crippen molar-refractivity contribution in [1.82, 2.24) is 15.0 Å². The molecule has 0 spiro atoms. The third-order valence-corrected chi connectivity index (χ3v) is 3.14. The average molecular weight is 270 g/mol. The molecule has 0 saturated heterocycles. The van der Waals surface area contributed by atoms with E-state index in [1.807, 2.05) is 61.5 Å². The molecule has 4 heteroatoms. The van der Waals surface area contributed by atoms with Crippen LogP contribution in [0.15, 0.2) is 54.6 Å². The maximum Gasteiger partial charge on any atom is 0.179 e. The van der Waals surface area contributed by atoms with Crippen LogP contribution < -0.4 is 0 Å². The highest BCUT2D eigenvalue weighted by molar-refractivity contribution is 6.31. The fraction of sp³-hybridized carbons (Fsp3) is 0.0667. The van der Waals surface area contributed by atoms with E-state index in [2.05, 4.69) is 10.2 Å². The van der Waals surface area contributed by atoms with E-state index in [0.29, 0.717) is 10.8 Å². The maximum absolute atomic E-state index is 6.17. The largest absolute Gasteiger partial charge is 0.179 e. The maximum atomic E-state index is 6.17. The summed E-state index contributed by atoms with van der Waals surface area (Å²) in [5.74, 6) is 0. The Bertz CT molecular complexity index is 687. The number of aromatic nitrogens is 3. The van der Waals surface area contributed by atoms with Gasteiger partial charge in [-0.15, -0.1) is 15.0 Å². The molecule has 0 aliphatic heterocycles. The predicted molar refractivity (Wildman–Crippen MR) is 76.5 cm³/mol. The highest BCUT2D eigenvalue weighted by Gasteiger charge is 2.11. The first kappa shape index (κ1) is 11.9. The number of hydrogen-bond donors (Lipinski definition) is 0. The van der Waals surface area contributed by atoms with Crippen molar-refractivity contribution in [2.24, 2.45) is 0 Å². The molecule has 0 unspecified atom stereocenters. The molecule has 0 atom stereocenters. The van der Waals surface area contributed by atoms with Crippen LogP contribution in [0.5, 0.6) is 0 Å². The summed E-state index contributed by atoms with van der Waals surface area (Å²) >= 11 is 6.17. The van der Waals surface area contributed by atoms with Crippen molar-refractivity contribution in [2.75, 3.05) is 0 Å². The van der Waals surface area contributed by atoms with Gasteiger partial charge in [0.2, 0.25) is 0 Å². The molecule has 0 N–H and O–H groups in total. The van der Waals surface area contributed by atoms with Crippen LogP contribution in [0.4, 0.5) is 0 Å². The van der Waals surface area contributed by atoms with Crippen LogP contribution in [0.3, 0.4) is 0 Å².